The summed E-state index contributed by atoms with van der Waals surface area (Å²) in [6.45, 7) is 0. The van der Waals surface area contributed by atoms with Crippen LogP contribution in [0, 0.1) is 11.8 Å². The Balaban J connectivity index is 1.75. The Morgan fingerprint density at radius 2 is 2.05 bits per heavy atom. The molecule has 1 saturated carbocycles. The number of fused-ring (bicyclic) bond motifs is 1. The van der Waals surface area contributed by atoms with E-state index in [1.165, 1.54) is 30.4 Å². The normalized spacial score (nSPS) is 26.8. The van der Waals surface area contributed by atoms with Gasteiger partial charge in [0.15, 0.2) is 0 Å². The van der Waals surface area contributed by atoms with E-state index in [1.807, 2.05) is 0 Å². The maximum absolute atomic E-state index is 9.56. The van der Waals surface area contributed by atoms with Gasteiger partial charge in [-0.15, -0.1) is 0 Å². The second-order valence-electron chi connectivity index (χ2n) is 6.15. The van der Waals surface area contributed by atoms with Crippen LogP contribution in [0.4, 0.5) is 0 Å². The number of hydrogen-bond donors (Lipinski definition) is 1. The molecule has 114 valence electrons. The summed E-state index contributed by atoms with van der Waals surface area (Å²) in [5, 5.41) is 12.4. The number of aromatic nitrogens is 1. The third-order valence-electron chi connectivity index (χ3n) is 4.99. The average molecular weight is 313 g/mol. The molecule has 4 heteroatoms. The molecule has 2 aliphatic rings. The first-order chi connectivity index (χ1) is 10.8. The minimum atomic E-state index is 0.325. The van der Waals surface area contributed by atoms with Crippen molar-refractivity contribution in [3.63, 3.8) is 0 Å². The van der Waals surface area contributed by atoms with Crippen molar-refractivity contribution in [2.75, 3.05) is 7.11 Å². The highest BCUT2D eigenvalue weighted by Crippen LogP contribution is 2.54. The Kier molecular flexibility index (Phi) is 3.41. The molecule has 1 heterocycles. The molecule has 3 unspecified atom stereocenters. The topological polar surface area (TPSA) is 42.4 Å². The van der Waals surface area contributed by atoms with Crippen LogP contribution in [-0.2, 0) is 0 Å². The van der Waals surface area contributed by atoms with Gasteiger partial charge in [0.05, 0.1) is 12.8 Å². The lowest BCUT2D eigenvalue weighted by Crippen LogP contribution is -2.11. The maximum Gasteiger partial charge on any atom is 0.273 e. The van der Waals surface area contributed by atoms with Crippen molar-refractivity contribution in [3.8, 4) is 10.9 Å². The molecule has 3 nitrogen and oxygen atoms in total. The third-order valence-corrected chi connectivity index (χ3v) is 5.79. The number of aromatic hydroxyl groups is 1. The van der Waals surface area contributed by atoms with Crippen molar-refractivity contribution in [2.24, 2.45) is 11.8 Å². The first kappa shape index (κ1) is 13.8. The molecule has 0 saturated heterocycles. The molecule has 0 amide bonds. The van der Waals surface area contributed by atoms with Gasteiger partial charge in [0.1, 0.15) is 5.75 Å². The van der Waals surface area contributed by atoms with Crippen LogP contribution < -0.4 is 4.74 Å². The minimum absolute atomic E-state index is 0.325. The molecule has 22 heavy (non-hydrogen) atoms. The van der Waals surface area contributed by atoms with Crippen molar-refractivity contribution >= 4 is 16.9 Å². The van der Waals surface area contributed by atoms with E-state index in [0.29, 0.717) is 23.5 Å². The van der Waals surface area contributed by atoms with Gasteiger partial charge in [-0.2, -0.15) is 0 Å². The third kappa shape index (κ3) is 2.22. The minimum Gasteiger partial charge on any atom is -0.508 e. The quantitative estimate of drug-likeness (QED) is 0.910. The van der Waals surface area contributed by atoms with Gasteiger partial charge in [-0.3, -0.25) is 0 Å². The zero-order valence-electron chi connectivity index (χ0n) is 12.5. The molecular formula is C18H19NO2S. The first-order valence-corrected chi connectivity index (χ1v) is 8.65. The second kappa shape index (κ2) is 5.43. The molecule has 1 fully saturated rings. The summed E-state index contributed by atoms with van der Waals surface area (Å²) in [5.74, 6) is 2.05. The molecule has 0 radical (unpaired) electrons. The molecule has 0 bridgehead atoms. The van der Waals surface area contributed by atoms with Crippen LogP contribution in [0.2, 0.25) is 0 Å². The highest BCUT2D eigenvalue weighted by molar-refractivity contribution is 7.11. The first-order valence-electron chi connectivity index (χ1n) is 7.77. The lowest BCUT2D eigenvalue weighted by Gasteiger charge is -2.22. The standard InChI is InChI=1S/C18H19NO2S/c1-21-18-19-16(10-22-18)15-9-12-3-2-4-14(12)17(15)11-5-7-13(20)8-6-11/h5-10,12,14,17,20H,2-4H2,1H3. The molecular weight excluding hydrogens is 294 g/mol. The molecule has 1 aromatic carbocycles. The van der Waals surface area contributed by atoms with Gasteiger partial charge in [0.25, 0.3) is 5.19 Å². The molecule has 4 rings (SSSR count). The van der Waals surface area contributed by atoms with Crippen LogP contribution in [0.25, 0.3) is 5.57 Å². The summed E-state index contributed by atoms with van der Waals surface area (Å²) in [4.78, 5) is 4.61. The van der Waals surface area contributed by atoms with E-state index in [9.17, 15) is 5.11 Å². The number of allylic oxidation sites excluding steroid dienone is 2. The van der Waals surface area contributed by atoms with Crippen LogP contribution in [0.1, 0.15) is 36.4 Å². The monoisotopic (exact) mass is 313 g/mol. The molecule has 2 aromatic rings. The highest BCUT2D eigenvalue weighted by Gasteiger charge is 2.41. The van der Waals surface area contributed by atoms with Gasteiger partial charge in [-0.05, 0) is 47.9 Å². The Morgan fingerprint density at radius 3 is 2.77 bits per heavy atom. The molecule has 1 aromatic heterocycles. The van der Waals surface area contributed by atoms with E-state index in [-0.39, 0.29) is 0 Å². The SMILES string of the molecule is COc1nc(C2=CC3CCCC3C2c2ccc(O)cc2)cs1. The largest absolute Gasteiger partial charge is 0.508 e. The van der Waals surface area contributed by atoms with Gasteiger partial charge in [0.2, 0.25) is 0 Å². The Labute approximate surface area is 134 Å². The van der Waals surface area contributed by atoms with Crippen LogP contribution >= 0.6 is 11.3 Å². The zero-order valence-corrected chi connectivity index (χ0v) is 13.3. The second-order valence-corrected chi connectivity index (χ2v) is 6.97. The van der Waals surface area contributed by atoms with E-state index >= 15 is 0 Å². The fraction of sp³-hybridized carbons (Fsp3) is 0.389. The number of ether oxygens (including phenoxy) is 1. The fourth-order valence-electron chi connectivity index (χ4n) is 4.04. The lowest BCUT2D eigenvalue weighted by atomic mass is 9.82. The summed E-state index contributed by atoms with van der Waals surface area (Å²) in [6.07, 6.45) is 6.30. The summed E-state index contributed by atoms with van der Waals surface area (Å²) >= 11 is 1.55. The number of nitrogens with zero attached hydrogens (tertiary/aromatic N) is 1. The number of phenolic OH excluding ortho intramolecular Hbond substituents is 1. The van der Waals surface area contributed by atoms with Gasteiger partial charge >= 0.3 is 0 Å². The molecule has 0 aliphatic heterocycles. The maximum atomic E-state index is 9.56. The highest BCUT2D eigenvalue weighted by atomic mass is 32.1. The molecule has 0 spiro atoms. The summed E-state index contributed by atoms with van der Waals surface area (Å²) in [6, 6.07) is 7.68. The van der Waals surface area contributed by atoms with Crippen molar-refractivity contribution in [3.05, 3.63) is 47.0 Å². The summed E-state index contributed by atoms with van der Waals surface area (Å²) < 4.78 is 5.25. The van der Waals surface area contributed by atoms with E-state index < -0.39 is 0 Å². The van der Waals surface area contributed by atoms with Crippen molar-refractivity contribution in [1.29, 1.82) is 0 Å². The van der Waals surface area contributed by atoms with Gasteiger partial charge in [0, 0.05) is 11.3 Å². The summed E-state index contributed by atoms with van der Waals surface area (Å²) in [7, 11) is 1.66. The fourth-order valence-corrected chi connectivity index (χ4v) is 4.69. The van der Waals surface area contributed by atoms with Crippen LogP contribution in [0.3, 0.4) is 0 Å². The lowest BCUT2D eigenvalue weighted by molar-refractivity contribution is 0.411. The van der Waals surface area contributed by atoms with E-state index in [2.05, 4.69) is 28.6 Å². The average Bonchev–Trinajstić information content (AvgIpc) is 3.22. The predicted octanol–water partition coefficient (Wildman–Crippen LogP) is 4.45. The van der Waals surface area contributed by atoms with Gasteiger partial charge in [-0.25, -0.2) is 4.98 Å². The van der Waals surface area contributed by atoms with E-state index in [4.69, 9.17) is 4.74 Å². The van der Waals surface area contributed by atoms with Crippen molar-refractivity contribution in [1.82, 2.24) is 4.98 Å². The van der Waals surface area contributed by atoms with Crippen LogP contribution in [0.15, 0.2) is 35.7 Å². The Morgan fingerprint density at radius 1 is 1.23 bits per heavy atom. The zero-order chi connectivity index (χ0) is 15.1. The number of phenols is 1. The van der Waals surface area contributed by atoms with Crippen LogP contribution in [0.5, 0.6) is 10.9 Å². The number of rotatable bonds is 3. The smallest absolute Gasteiger partial charge is 0.273 e. The number of methoxy groups -OCH3 is 1. The molecule has 1 N–H and O–H groups in total. The number of benzene rings is 1. The van der Waals surface area contributed by atoms with Crippen molar-refractivity contribution in [2.45, 2.75) is 25.2 Å². The van der Waals surface area contributed by atoms with E-state index in [0.717, 1.165) is 10.9 Å². The van der Waals surface area contributed by atoms with Gasteiger partial charge in [-0.1, -0.05) is 36.0 Å². The van der Waals surface area contributed by atoms with Crippen LogP contribution in [-0.4, -0.2) is 17.2 Å². The number of hydrogen-bond acceptors (Lipinski definition) is 4. The van der Waals surface area contributed by atoms with Crippen molar-refractivity contribution < 1.29 is 9.84 Å². The molecule has 2 aliphatic carbocycles. The Hall–Kier alpha value is -1.81. The predicted molar refractivity (Wildman–Crippen MR) is 88.3 cm³/mol. The number of thiazole rings is 1. The Bertz CT molecular complexity index is 704. The molecule has 3 atom stereocenters. The summed E-state index contributed by atoms with van der Waals surface area (Å²) in [5.41, 5.74) is 3.67. The van der Waals surface area contributed by atoms with Gasteiger partial charge < -0.3 is 9.84 Å². The van der Waals surface area contributed by atoms with E-state index in [1.54, 1.807) is 30.6 Å².